The molecular formula is C12H8N4O. The molecule has 0 unspecified atom stereocenters. The molecule has 1 amide bonds. The average Bonchev–Trinajstić information content (AvgIpc) is 2.38. The molecule has 1 rings (SSSR count). The molecule has 0 aliphatic heterocycles. The molecule has 82 valence electrons. The number of rotatable bonds is 3. The molecule has 0 fully saturated rings. The van der Waals surface area contributed by atoms with Crippen molar-refractivity contribution in [3.05, 3.63) is 29.6 Å². The van der Waals surface area contributed by atoms with Crippen LogP contribution >= 0.6 is 0 Å². The topological polar surface area (TPSA) is 80.8 Å². The first-order chi connectivity index (χ1) is 8.22. The Morgan fingerprint density at radius 3 is 2.65 bits per heavy atom. The molecule has 5 nitrogen and oxygen atoms in total. The Hall–Kier alpha value is -2.84. The van der Waals surface area contributed by atoms with Gasteiger partial charge in [-0.15, -0.1) is 6.42 Å². The molecule has 0 bridgehead atoms. The van der Waals surface area contributed by atoms with E-state index in [1.165, 1.54) is 23.2 Å². The van der Waals surface area contributed by atoms with Crippen molar-refractivity contribution in [3.8, 4) is 24.5 Å². The third-order valence-electron chi connectivity index (χ3n) is 1.94. The fourth-order valence-electron chi connectivity index (χ4n) is 1.14. The fourth-order valence-corrected chi connectivity index (χ4v) is 1.14. The van der Waals surface area contributed by atoms with Crippen LogP contribution in [0, 0.1) is 35.0 Å². The van der Waals surface area contributed by atoms with Gasteiger partial charge in [-0.3, -0.25) is 4.79 Å². The van der Waals surface area contributed by atoms with Crippen LogP contribution < -0.4 is 0 Å². The molecule has 0 aliphatic carbocycles. The quantitative estimate of drug-likeness (QED) is 0.554. The Balaban J connectivity index is 2.91. The number of nitrogens with zero attached hydrogens (tertiary/aromatic N) is 4. The molecule has 0 N–H and O–H groups in total. The molecule has 0 aliphatic rings. The summed E-state index contributed by atoms with van der Waals surface area (Å²) in [5.74, 6) is 1.88. The van der Waals surface area contributed by atoms with Crippen LogP contribution in [0.1, 0.15) is 16.1 Å². The summed E-state index contributed by atoms with van der Waals surface area (Å²) >= 11 is 0. The predicted octanol–water partition coefficient (Wildman–Crippen LogP) is 0.552. The van der Waals surface area contributed by atoms with Crippen LogP contribution in [0.3, 0.4) is 0 Å². The van der Waals surface area contributed by atoms with Crippen LogP contribution in [0.4, 0.5) is 0 Å². The van der Waals surface area contributed by atoms with Gasteiger partial charge in [-0.05, 0) is 12.1 Å². The first-order valence-corrected chi connectivity index (χ1v) is 4.68. The number of hydrogen-bond donors (Lipinski definition) is 0. The Kier molecular flexibility index (Phi) is 4.25. The number of nitriles is 2. The molecular weight excluding hydrogens is 216 g/mol. The number of terminal acetylenes is 1. The minimum absolute atomic E-state index is 0.0497. The second-order valence-corrected chi connectivity index (χ2v) is 3.07. The average molecular weight is 224 g/mol. The van der Waals surface area contributed by atoms with Gasteiger partial charge in [0.2, 0.25) is 0 Å². The molecule has 0 spiro atoms. The second-order valence-electron chi connectivity index (χ2n) is 3.07. The summed E-state index contributed by atoms with van der Waals surface area (Å²) in [6, 6.07) is 6.67. The number of hydrogen-bond acceptors (Lipinski definition) is 4. The zero-order valence-electron chi connectivity index (χ0n) is 8.92. The lowest BCUT2D eigenvalue weighted by Crippen LogP contribution is -2.32. The summed E-state index contributed by atoms with van der Waals surface area (Å²) in [7, 11) is 0. The van der Waals surface area contributed by atoms with E-state index in [-0.39, 0.29) is 18.8 Å². The van der Waals surface area contributed by atoms with Gasteiger partial charge in [0.05, 0.1) is 18.2 Å². The first kappa shape index (κ1) is 12.2. The third-order valence-corrected chi connectivity index (χ3v) is 1.94. The maximum atomic E-state index is 11.9. The normalized spacial score (nSPS) is 8.53. The monoisotopic (exact) mass is 224 g/mol. The second kappa shape index (κ2) is 5.90. The SMILES string of the molecule is C#CCN(CC#N)C(=O)c1ccc(C#N)cn1. The molecule has 1 aromatic rings. The van der Waals surface area contributed by atoms with E-state index >= 15 is 0 Å². The smallest absolute Gasteiger partial charge is 0.274 e. The largest absolute Gasteiger partial charge is 0.313 e. The van der Waals surface area contributed by atoms with Gasteiger partial charge in [-0.2, -0.15) is 10.5 Å². The highest BCUT2D eigenvalue weighted by Gasteiger charge is 2.15. The molecule has 0 saturated heterocycles. The van der Waals surface area contributed by atoms with Gasteiger partial charge in [0, 0.05) is 6.20 Å². The first-order valence-electron chi connectivity index (χ1n) is 4.68. The minimum atomic E-state index is -0.422. The summed E-state index contributed by atoms with van der Waals surface area (Å²) in [4.78, 5) is 16.9. The van der Waals surface area contributed by atoms with Crippen molar-refractivity contribution in [3.63, 3.8) is 0 Å². The zero-order chi connectivity index (χ0) is 12.7. The van der Waals surface area contributed by atoms with E-state index in [0.29, 0.717) is 5.56 Å². The van der Waals surface area contributed by atoms with Gasteiger partial charge in [0.1, 0.15) is 18.3 Å². The van der Waals surface area contributed by atoms with Crippen molar-refractivity contribution < 1.29 is 4.79 Å². The molecule has 5 heteroatoms. The van der Waals surface area contributed by atoms with Crippen LogP contribution in [-0.2, 0) is 0 Å². The molecule has 1 heterocycles. The van der Waals surface area contributed by atoms with E-state index in [9.17, 15) is 4.79 Å². The summed E-state index contributed by atoms with van der Waals surface area (Å²) in [6.07, 6.45) is 6.40. The van der Waals surface area contributed by atoms with E-state index in [2.05, 4.69) is 10.9 Å². The summed E-state index contributed by atoms with van der Waals surface area (Å²) in [5, 5.41) is 17.2. The van der Waals surface area contributed by atoms with Crippen molar-refractivity contribution in [2.24, 2.45) is 0 Å². The Labute approximate surface area is 98.9 Å². The number of pyridine rings is 1. The van der Waals surface area contributed by atoms with Crippen LogP contribution in [0.5, 0.6) is 0 Å². The number of carbonyl (C=O) groups excluding carboxylic acids is 1. The van der Waals surface area contributed by atoms with Gasteiger partial charge in [0.25, 0.3) is 5.91 Å². The maximum Gasteiger partial charge on any atom is 0.274 e. The highest BCUT2D eigenvalue weighted by molar-refractivity contribution is 5.92. The van der Waals surface area contributed by atoms with Gasteiger partial charge >= 0.3 is 0 Å². The van der Waals surface area contributed by atoms with Crippen molar-refractivity contribution in [1.29, 1.82) is 10.5 Å². The Morgan fingerprint density at radius 1 is 1.41 bits per heavy atom. The van der Waals surface area contributed by atoms with Crippen LogP contribution in [0.2, 0.25) is 0 Å². The lowest BCUT2D eigenvalue weighted by molar-refractivity contribution is 0.0789. The van der Waals surface area contributed by atoms with E-state index in [4.69, 9.17) is 16.9 Å². The van der Waals surface area contributed by atoms with Crippen molar-refractivity contribution >= 4 is 5.91 Å². The van der Waals surface area contributed by atoms with Gasteiger partial charge in [0.15, 0.2) is 0 Å². The summed E-state index contributed by atoms with van der Waals surface area (Å²) in [6.45, 7) is -0.0429. The number of aromatic nitrogens is 1. The van der Waals surface area contributed by atoms with Crippen molar-refractivity contribution in [2.75, 3.05) is 13.1 Å². The highest BCUT2D eigenvalue weighted by atomic mass is 16.2. The lowest BCUT2D eigenvalue weighted by Gasteiger charge is -2.15. The predicted molar refractivity (Wildman–Crippen MR) is 59.3 cm³/mol. The van der Waals surface area contributed by atoms with Gasteiger partial charge in [-0.1, -0.05) is 5.92 Å². The molecule has 0 aromatic carbocycles. The fraction of sp³-hybridized carbons (Fsp3) is 0.167. The summed E-state index contributed by atoms with van der Waals surface area (Å²) < 4.78 is 0. The highest BCUT2D eigenvalue weighted by Crippen LogP contribution is 2.03. The summed E-state index contributed by atoms with van der Waals surface area (Å²) in [5.41, 5.74) is 0.528. The molecule has 0 radical (unpaired) electrons. The Morgan fingerprint density at radius 2 is 2.18 bits per heavy atom. The van der Waals surface area contributed by atoms with Crippen LogP contribution in [-0.4, -0.2) is 28.9 Å². The molecule has 1 aromatic heterocycles. The maximum absolute atomic E-state index is 11.9. The molecule has 0 saturated carbocycles. The Bertz CT molecular complexity index is 512. The third kappa shape index (κ3) is 3.06. The number of carbonyl (C=O) groups is 1. The van der Waals surface area contributed by atoms with Crippen molar-refractivity contribution in [2.45, 2.75) is 0 Å². The van der Waals surface area contributed by atoms with Gasteiger partial charge in [-0.25, -0.2) is 4.98 Å². The standard InChI is InChI=1S/C12H8N4O/c1-2-6-16(7-5-13)12(17)11-4-3-10(8-14)9-15-11/h1,3-4,9H,6-7H2. The van der Waals surface area contributed by atoms with E-state index in [1.807, 2.05) is 12.1 Å². The lowest BCUT2D eigenvalue weighted by atomic mass is 10.2. The van der Waals surface area contributed by atoms with Crippen LogP contribution in [0.25, 0.3) is 0 Å². The van der Waals surface area contributed by atoms with E-state index in [1.54, 1.807) is 0 Å². The van der Waals surface area contributed by atoms with E-state index < -0.39 is 5.91 Å². The number of amides is 1. The molecule has 17 heavy (non-hydrogen) atoms. The minimum Gasteiger partial charge on any atom is -0.313 e. The van der Waals surface area contributed by atoms with Crippen molar-refractivity contribution in [1.82, 2.24) is 9.88 Å². The van der Waals surface area contributed by atoms with E-state index in [0.717, 1.165) is 0 Å². The zero-order valence-corrected chi connectivity index (χ0v) is 8.92. The van der Waals surface area contributed by atoms with Gasteiger partial charge < -0.3 is 4.90 Å². The molecule has 0 atom stereocenters. The van der Waals surface area contributed by atoms with Crippen LogP contribution in [0.15, 0.2) is 18.3 Å².